The van der Waals surface area contributed by atoms with Gasteiger partial charge >= 0.3 is 0 Å². The zero-order chi connectivity index (χ0) is 22.4. The number of piperidine rings is 1. The van der Waals surface area contributed by atoms with E-state index in [9.17, 15) is 13.6 Å². The zero-order valence-corrected chi connectivity index (χ0v) is 17.5. The second-order valence-electron chi connectivity index (χ2n) is 8.02. The van der Waals surface area contributed by atoms with E-state index in [4.69, 9.17) is 4.42 Å². The van der Waals surface area contributed by atoms with Crippen LogP contribution in [0.4, 0.5) is 8.78 Å². The molecule has 0 radical (unpaired) electrons. The normalized spacial score (nSPS) is 19.2. The van der Waals surface area contributed by atoms with Gasteiger partial charge in [-0.25, -0.2) is 18.3 Å². The fourth-order valence-electron chi connectivity index (χ4n) is 4.24. The Kier molecular flexibility index (Phi) is 4.95. The van der Waals surface area contributed by atoms with E-state index in [0.29, 0.717) is 35.9 Å². The molecular formula is C21H21F2N7O2. The van der Waals surface area contributed by atoms with Crippen LogP contribution in [0.3, 0.4) is 0 Å². The van der Waals surface area contributed by atoms with Crippen LogP contribution in [0.1, 0.15) is 47.6 Å². The Bertz CT molecular complexity index is 1260. The van der Waals surface area contributed by atoms with E-state index >= 15 is 0 Å². The summed E-state index contributed by atoms with van der Waals surface area (Å²) < 4.78 is 35.3. The first-order chi connectivity index (χ1) is 15.4. The van der Waals surface area contributed by atoms with Gasteiger partial charge in [-0.3, -0.25) is 9.48 Å². The van der Waals surface area contributed by atoms with E-state index in [1.807, 2.05) is 0 Å². The first-order valence-electron chi connectivity index (χ1n) is 10.3. The van der Waals surface area contributed by atoms with Crippen molar-refractivity contribution >= 4 is 11.7 Å². The number of fused-ring (bicyclic) bond motifs is 1. The van der Waals surface area contributed by atoms with Gasteiger partial charge in [0.2, 0.25) is 0 Å². The highest BCUT2D eigenvalue weighted by molar-refractivity contribution is 5.93. The number of rotatable bonds is 4. The van der Waals surface area contributed by atoms with Crippen molar-refractivity contribution in [2.45, 2.75) is 25.7 Å². The van der Waals surface area contributed by atoms with Gasteiger partial charge in [0.05, 0.1) is 12.0 Å². The van der Waals surface area contributed by atoms with Gasteiger partial charge in [-0.1, -0.05) is 6.92 Å². The Morgan fingerprint density at radius 3 is 2.91 bits per heavy atom. The first-order valence-corrected chi connectivity index (χ1v) is 10.3. The maximum absolute atomic E-state index is 13.4. The van der Waals surface area contributed by atoms with Gasteiger partial charge in [0, 0.05) is 32.1 Å². The second-order valence-corrected chi connectivity index (χ2v) is 8.02. The van der Waals surface area contributed by atoms with Crippen molar-refractivity contribution in [1.29, 1.82) is 0 Å². The van der Waals surface area contributed by atoms with Gasteiger partial charge in [-0.2, -0.15) is 15.2 Å². The van der Waals surface area contributed by atoms with Gasteiger partial charge in [-0.05, 0) is 30.5 Å². The maximum Gasteiger partial charge on any atom is 0.280 e. The molecule has 2 atom stereocenters. The monoisotopic (exact) mass is 441 g/mol. The Balaban J connectivity index is 1.46. The molecule has 1 aliphatic heterocycles. The van der Waals surface area contributed by atoms with Crippen molar-refractivity contribution in [3.05, 3.63) is 53.9 Å². The molecular weight excluding hydrogens is 420 g/mol. The predicted molar refractivity (Wildman–Crippen MR) is 109 cm³/mol. The van der Waals surface area contributed by atoms with Crippen molar-refractivity contribution in [3.8, 4) is 11.5 Å². The number of likely N-dealkylation sites (tertiary alicyclic amines) is 1. The van der Waals surface area contributed by atoms with Crippen LogP contribution >= 0.6 is 0 Å². The lowest BCUT2D eigenvalue weighted by molar-refractivity contribution is 0.0654. The van der Waals surface area contributed by atoms with Crippen LogP contribution in [0.5, 0.6) is 0 Å². The fraction of sp³-hybridized carbons (Fsp3) is 0.381. The minimum Gasteiger partial charge on any atom is -0.463 e. The SMILES string of the molecule is C[C@@H]1CCN(C(=O)c2cc(-c3ccco3)nn2C)C[C@H]1c1cc(C(F)F)nc2ncnn12. The second kappa shape index (κ2) is 7.81. The molecule has 0 N–H and O–H groups in total. The lowest BCUT2D eigenvalue weighted by Gasteiger charge is -2.37. The van der Waals surface area contributed by atoms with Crippen LogP contribution in [0.25, 0.3) is 17.2 Å². The van der Waals surface area contributed by atoms with Gasteiger partial charge in [0.15, 0.2) is 5.76 Å². The highest BCUT2D eigenvalue weighted by atomic mass is 19.3. The number of halogens is 2. The Morgan fingerprint density at radius 1 is 1.31 bits per heavy atom. The molecule has 5 heterocycles. The van der Waals surface area contributed by atoms with Gasteiger partial charge in [0.25, 0.3) is 18.1 Å². The lowest BCUT2D eigenvalue weighted by Crippen LogP contribution is -2.43. The van der Waals surface area contributed by atoms with Crippen molar-refractivity contribution in [3.63, 3.8) is 0 Å². The summed E-state index contributed by atoms with van der Waals surface area (Å²) in [5.41, 5.74) is 1.24. The lowest BCUT2D eigenvalue weighted by atomic mass is 9.84. The average Bonchev–Trinajstić information content (AvgIpc) is 3.53. The maximum atomic E-state index is 13.4. The molecule has 0 unspecified atom stereocenters. The molecule has 0 bridgehead atoms. The van der Waals surface area contributed by atoms with Crippen LogP contribution in [-0.2, 0) is 7.05 Å². The molecule has 0 saturated carbocycles. The fourth-order valence-corrected chi connectivity index (χ4v) is 4.24. The Morgan fingerprint density at radius 2 is 2.16 bits per heavy atom. The van der Waals surface area contributed by atoms with Crippen LogP contribution in [0.15, 0.2) is 41.3 Å². The number of carbonyl (C=O) groups is 1. The summed E-state index contributed by atoms with van der Waals surface area (Å²) >= 11 is 0. The number of alkyl halides is 2. The van der Waals surface area contributed by atoms with E-state index in [1.165, 1.54) is 21.6 Å². The largest absolute Gasteiger partial charge is 0.463 e. The average molecular weight is 441 g/mol. The molecule has 9 nitrogen and oxygen atoms in total. The summed E-state index contributed by atoms with van der Waals surface area (Å²) in [7, 11) is 1.71. The topological polar surface area (TPSA) is 94.3 Å². The number of carbonyl (C=O) groups excluding carboxylic acids is 1. The van der Waals surface area contributed by atoms with Gasteiger partial charge < -0.3 is 9.32 Å². The van der Waals surface area contributed by atoms with Crippen LogP contribution in [0, 0.1) is 5.92 Å². The smallest absolute Gasteiger partial charge is 0.280 e. The van der Waals surface area contributed by atoms with Crippen LogP contribution < -0.4 is 0 Å². The van der Waals surface area contributed by atoms with Crippen LogP contribution in [-0.4, -0.2) is 53.3 Å². The van der Waals surface area contributed by atoms with Gasteiger partial charge in [0.1, 0.15) is 23.4 Å². The van der Waals surface area contributed by atoms with E-state index < -0.39 is 6.43 Å². The Labute approximate surface area is 181 Å². The Hall–Kier alpha value is -3.63. The van der Waals surface area contributed by atoms with Crippen molar-refractivity contribution < 1.29 is 18.0 Å². The van der Waals surface area contributed by atoms with Gasteiger partial charge in [-0.15, -0.1) is 0 Å². The number of furan rings is 1. The van der Waals surface area contributed by atoms with E-state index in [2.05, 4.69) is 27.1 Å². The van der Waals surface area contributed by atoms with Crippen molar-refractivity contribution in [1.82, 2.24) is 34.3 Å². The third-order valence-electron chi connectivity index (χ3n) is 6.02. The third-order valence-corrected chi connectivity index (χ3v) is 6.02. The van der Waals surface area contributed by atoms with E-state index in [-0.39, 0.29) is 29.2 Å². The summed E-state index contributed by atoms with van der Waals surface area (Å²) in [4.78, 5) is 23.0. The van der Waals surface area contributed by atoms with Crippen molar-refractivity contribution in [2.24, 2.45) is 13.0 Å². The molecule has 4 aromatic heterocycles. The molecule has 1 fully saturated rings. The number of hydrogen-bond donors (Lipinski definition) is 0. The molecule has 5 rings (SSSR count). The summed E-state index contributed by atoms with van der Waals surface area (Å²) in [5.74, 6) is 0.491. The first kappa shape index (κ1) is 20.3. The number of aryl methyl sites for hydroxylation is 1. The summed E-state index contributed by atoms with van der Waals surface area (Å²) in [6.07, 6.45) is 0.849. The van der Waals surface area contributed by atoms with E-state index in [1.54, 1.807) is 36.4 Å². The highest BCUT2D eigenvalue weighted by Gasteiger charge is 2.34. The molecule has 166 valence electrons. The molecule has 4 aromatic rings. The molecule has 1 saturated heterocycles. The van der Waals surface area contributed by atoms with E-state index in [0.717, 1.165) is 6.42 Å². The molecule has 0 spiro atoms. The highest BCUT2D eigenvalue weighted by Crippen LogP contribution is 2.34. The van der Waals surface area contributed by atoms with Crippen molar-refractivity contribution in [2.75, 3.05) is 13.1 Å². The summed E-state index contributed by atoms with van der Waals surface area (Å²) in [5, 5.41) is 8.56. The molecule has 11 heteroatoms. The summed E-state index contributed by atoms with van der Waals surface area (Å²) in [6, 6.07) is 6.61. The zero-order valence-electron chi connectivity index (χ0n) is 17.5. The third kappa shape index (κ3) is 3.43. The quantitative estimate of drug-likeness (QED) is 0.482. The number of amides is 1. The van der Waals surface area contributed by atoms with Crippen LogP contribution in [0.2, 0.25) is 0 Å². The molecule has 1 aliphatic rings. The molecule has 32 heavy (non-hydrogen) atoms. The minimum absolute atomic E-state index is 0.128. The minimum atomic E-state index is -2.72. The number of hydrogen-bond acceptors (Lipinski definition) is 6. The standard InChI is InChI=1S/C21H21F2N7O2/c1-12-5-6-29(20(31)17-8-14(27-28(17)2)18-4-3-7-32-18)10-13(12)16-9-15(19(22)23)26-21-24-11-25-30(16)21/h3-4,7-9,11-13,19H,5-6,10H2,1-2H3/t12-,13-/m1/s1. The molecule has 1 amide bonds. The summed E-state index contributed by atoms with van der Waals surface area (Å²) in [6.45, 7) is 2.98. The molecule has 0 aliphatic carbocycles. The predicted octanol–water partition coefficient (Wildman–Crippen LogP) is 3.32. The number of aromatic nitrogens is 6. The molecule has 0 aromatic carbocycles. The number of nitrogens with zero attached hydrogens (tertiary/aromatic N) is 7.